The number of hydrogen-bond donors (Lipinski definition) is 0. The van der Waals surface area contributed by atoms with Crippen LogP contribution < -0.4 is 0 Å². The van der Waals surface area contributed by atoms with Gasteiger partial charge >= 0.3 is 16.2 Å². The molecule has 0 amide bonds. The van der Waals surface area contributed by atoms with E-state index in [2.05, 4.69) is 0 Å². The Morgan fingerprint density at radius 3 is 1.00 bits per heavy atom. The average Bonchev–Trinajstić information content (AvgIpc) is 1.25. The fourth-order valence-corrected chi connectivity index (χ4v) is 0. The van der Waals surface area contributed by atoms with Gasteiger partial charge in [-0.25, -0.2) is 0 Å². The summed E-state index contributed by atoms with van der Waals surface area (Å²) in [7, 11) is -7.94. The lowest BCUT2D eigenvalue weighted by Gasteiger charge is -2.15. The highest BCUT2D eigenvalue weighted by Gasteiger charge is 2.50. The molecule has 0 rings (SSSR count). The van der Waals surface area contributed by atoms with Gasteiger partial charge in [-0.1, -0.05) is 0 Å². The summed E-state index contributed by atoms with van der Waals surface area (Å²) in [6.45, 7) is 2.87. The first kappa shape index (κ1) is 8.22. The van der Waals surface area contributed by atoms with Gasteiger partial charge in [0.15, 0.2) is 0 Å². The Hall–Kier alpha value is 0.224. The third-order valence-corrected chi connectivity index (χ3v) is 9.39. The second-order valence-electron chi connectivity index (χ2n) is 2.36. The van der Waals surface area contributed by atoms with E-state index < -0.39 is 16.2 Å². The Bertz CT molecular complexity index is 67.5. The van der Waals surface area contributed by atoms with Gasteiger partial charge in [-0.3, -0.25) is 8.22 Å². The van der Waals surface area contributed by atoms with Crippen LogP contribution in [0.4, 0.5) is 12.3 Å². The van der Waals surface area contributed by atoms with Crippen LogP contribution >= 0.6 is 0 Å². The SMILES string of the molecule is C[Si](C)(F)[Si](C)(F)F. The third kappa shape index (κ3) is 2.00. The molecule has 0 aliphatic carbocycles. The third-order valence-electron chi connectivity index (χ3n) is 1.04. The summed E-state index contributed by atoms with van der Waals surface area (Å²) in [4.78, 5) is 0. The molecular formula is C3H9F3Si2. The zero-order valence-corrected chi connectivity index (χ0v) is 7.13. The molecule has 0 radical (unpaired) electrons. The molecule has 0 N–H and O–H groups in total. The van der Waals surface area contributed by atoms with E-state index in [0.717, 1.165) is 19.6 Å². The zero-order valence-electron chi connectivity index (χ0n) is 5.13. The van der Waals surface area contributed by atoms with Crippen molar-refractivity contribution in [2.75, 3.05) is 0 Å². The summed E-state index contributed by atoms with van der Waals surface area (Å²) in [5.74, 6) is 0. The largest absolute Gasteiger partial charge is 0.437 e. The van der Waals surface area contributed by atoms with Gasteiger partial charge in [-0.15, -0.1) is 0 Å². The van der Waals surface area contributed by atoms with Crippen molar-refractivity contribution in [2.45, 2.75) is 19.6 Å². The van der Waals surface area contributed by atoms with Crippen LogP contribution in [0.25, 0.3) is 0 Å². The topological polar surface area (TPSA) is 0 Å². The predicted molar refractivity (Wildman–Crippen MR) is 32.4 cm³/mol. The highest BCUT2D eigenvalue weighted by Crippen LogP contribution is 2.21. The van der Waals surface area contributed by atoms with Crippen LogP contribution in [-0.2, 0) is 0 Å². The molecule has 0 saturated heterocycles. The highest BCUT2D eigenvalue weighted by molar-refractivity contribution is 7.32. The van der Waals surface area contributed by atoms with Gasteiger partial charge in [0, 0.05) is 0 Å². The molecule has 0 nitrogen and oxygen atoms in total. The Morgan fingerprint density at radius 1 is 0.875 bits per heavy atom. The van der Waals surface area contributed by atoms with Crippen LogP contribution in [0, 0.1) is 0 Å². The normalized spacial score (nSPS) is 14.2. The average molecular weight is 158 g/mol. The summed E-state index contributed by atoms with van der Waals surface area (Å²) < 4.78 is 36.5. The van der Waals surface area contributed by atoms with Gasteiger partial charge in [0.1, 0.15) is 0 Å². The molecule has 0 aliphatic rings. The Kier molecular flexibility index (Phi) is 1.93. The lowest BCUT2D eigenvalue weighted by atomic mass is 11.9. The van der Waals surface area contributed by atoms with Crippen molar-refractivity contribution < 1.29 is 12.3 Å². The maximum atomic E-state index is 12.3. The Balaban J connectivity index is 4.02. The van der Waals surface area contributed by atoms with E-state index in [9.17, 15) is 12.3 Å². The molecule has 0 fully saturated rings. The van der Waals surface area contributed by atoms with Gasteiger partial charge < -0.3 is 4.11 Å². The Labute approximate surface area is 49.0 Å². The molecule has 0 aromatic carbocycles. The first-order valence-electron chi connectivity index (χ1n) is 2.32. The molecule has 0 heterocycles. The van der Waals surface area contributed by atoms with Crippen molar-refractivity contribution in [1.82, 2.24) is 0 Å². The molecule has 0 saturated carbocycles. The molecule has 0 aliphatic heterocycles. The van der Waals surface area contributed by atoms with Crippen molar-refractivity contribution in [2.24, 2.45) is 0 Å². The maximum Gasteiger partial charge on any atom is 0.437 e. The van der Waals surface area contributed by atoms with Gasteiger partial charge in [0.25, 0.3) is 0 Å². The number of rotatable bonds is 1. The quantitative estimate of drug-likeness (QED) is 0.405. The molecule has 0 spiro atoms. The summed E-state index contributed by atoms with van der Waals surface area (Å²) in [6.07, 6.45) is 0. The fourth-order valence-electron chi connectivity index (χ4n) is 0. The molecule has 50 valence electrons. The summed E-state index contributed by atoms with van der Waals surface area (Å²) in [5.41, 5.74) is 0. The summed E-state index contributed by atoms with van der Waals surface area (Å²) >= 11 is 0. The highest BCUT2D eigenvalue weighted by atomic mass is 29.3. The van der Waals surface area contributed by atoms with Gasteiger partial charge in [-0.05, 0) is 19.6 Å². The molecule has 0 aromatic heterocycles. The van der Waals surface area contributed by atoms with E-state index >= 15 is 0 Å². The van der Waals surface area contributed by atoms with E-state index in [0.29, 0.717) is 0 Å². The lowest BCUT2D eigenvalue weighted by molar-refractivity contribution is 0.628. The first-order chi connectivity index (χ1) is 3.25. The van der Waals surface area contributed by atoms with Crippen LogP contribution in [0.15, 0.2) is 0 Å². The van der Waals surface area contributed by atoms with Crippen molar-refractivity contribution in [3.63, 3.8) is 0 Å². The molecule has 0 bridgehead atoms. The standard InChI is InChI=1S/C3H9F3Si2/c1-7(2,4)8(3,5)6/h1-3H3. The van der Waals surface area contributed by atoms with E-state index in [1.54, 1.807) is 0 Å². The monoisotopic (exact) mass is 158 g/mol. The number of hydrogen-bond acceptors (Lipinski definition) is 0. The van der Waals surface area contributed by atoms with E-state index in [1.807, 2.05) is 0 Å². The minimum Gasteiger partial charge on any atom is -0.311 e. The lowest BCUT2D eigenvalue weighted by Crippen LogP contribution is -2.46. The van der Waals surface area contributed by atoms with E-state index in [-0.39, 0.29) is 0 Å². The van der Waals surface area contributed by atoms with Crippen molar-refractivity contribution in [1.29, 1.82) is 0 Å². The van der Waals surface area contributed by atoms with E-state index in [1.165, 1.54) is 0 Å². The smallest absolute Gasteiger partial charge is 0.311 e. The van der Waals surface area contributed by atoms with Crippen LogP contribution in [0.2, 0.25) is 19.6 Å². The molecule has 0 atom stereocenters. The fraction of sp³-hybridized carbons (Fsp3) is 1.00. The minimum absolute atomic E-state index is 0.763. The van der Waals surface area contributed by atoms with Crippen molar-refractivity contribution >= 4 is 16.2 Å². The molecule has 0 unspecified atom stereocenters. The van der Waals surface area contributed by atoms with Crippen molar-refractivity contribution in [3.05, 3.63) is 0 Å². The predicted octanol–water partition coefficient (Wildman–Crippen LogP) is 2.25. The van der Waals surface area contributed by atoms with Crippen LogP contribution in [-0.4, -0.2) is 16.2 Å². The van der Waals surface area contributed by atoms with Gasteiger partial charge in [-0.2, -0.15) is 0 Å². The maximum absolute atomic E-state index is 12.3. The second-order valence-corrected chi connectivity index (χ2v) is 13.3. The second kappa shape index (κ2) is 1.87. The minimum atomic E-state index is -4.39. The van der Waals surface area contributed by atoms with Gasteiger partial charge in [0.05, 0.1) is 0 Å². The van der Waals surface area contributed by atoms with Crippen LogP contribution in [0.3, 0.4) is 0 Å². The molecule has 0 aromatic rings. The Morgan fingerprint density at radius 2 is 1.00 bits per heavy atom. The molecule has 8 heavy (non-hydrogen) atoms. The molecule has 5 heteroatoms. The van der Waals surface area contributed by atoms with E-state index in [4.69, 9.17) is 0 Å². The number of halogens is 3. The zero-order chi connectivity index (χ0) is 7.00. The van der Waals surface area contributed by atoms with Crippen LogP contribution in [0.5, 0.6) is 0 Å². The van der Waals surface area contributed by atoms with Crippen molar-refractivity contribution in [3.8, 4) is 0 Å². The van der Waals surface area contributed by atoms with Crippen LogP contribution in [0.1, 0.15) is 0 Å². The molecular weight excluding hydrogens is 149 g/mol. The summed E-state index contributed by atoms with van der Waals surface area (Å²) in [5, 5.41) is 0. The van der Waals surface area contributed by atoms with Gasteiger partial charge in [0.2, 0.25) is 0 Å². The first-order valence-corrected chi connectivity index (χ1v) is 8.45. The summed E-state index contributed by atoms with van der Waals surface area (Å²) in [6, 6.07) is 0.